The Hall–Kier alpha value is -1.23. The van der Waals surface area contributed by atoms with Crippen LogP contribution in [-0.2, 0) is 16.0 Å². The fraction of sp³-hybridized carbons (Fsp3) is 0.750. The Kier molecular flexibility index (Phi) is 4.25. The second-order valence-corrected chi connectivity index (χ2v) is 4.26. The monoisotopic (exact) mass is 238 g/mol. The summed E-state index contributed by atoms with van der Waals surface area (Å²) in [6, 6.07) is 0. The van der Waals surface area contributed by atoms with E-state index in [-0.39, 0.29) is 11.7 Å². The standard InChI is InChI=1S/C12H18N2O3/c1-2-16-8-7-11-13-12(17-14-11)9-5-3-4-6-10(9)15/h9H,2-8H2,1H3. The van der Waals surface area contributed by atoms with Gasteiger partial charge in [-0.3, -0.25) is 4.79 Å². The van der Waals surface area contributed by atoms with Crippen LogP contribution in [0.2, 0.25) is 0 Å². The minimum absolute atomic E-state index is 0.169. The van der Waals surface area contributed by atoms with E-state index in [0.717, 1.165) is 19.3 Å². The van der Waals surface area contributed by atoms with Crippen molar-refractivity contribution >= 4 is 5.78 Å². The molecular formula is C12H18N2O3. The molecule has 1 atom stereocenters. The minimum atomic E-state index is -0.169. The number of ether oxygens (including phenoxy) is 1. The van der Waals surface area contributed by atoms with E-state index < -0.39 is 0 Å². The van der Waals surface area contributed by atoms with Crippen LogP contribution in [0.4, 0.5) is 0 Å². The Labute approximate surface area is 101 Å². The third kappa shape index (κ3) is 3.12. The lowest BCUT2D eigenvalue weighted by Crippen LogP contribution is -2.17. The quantitative estimate of drug-likeness (QED) is 0.733. The molecule has 0 aromatic carbocycles. The molecule has 0 spiro atoms. The average Bonchev–Trinajstić information content (AvgIpc) is 2.79. The highest BCUT2D eigenvalue weighted by atomic mass is 16.5. The summed E-state index contributed by atoms with van der Waals surface area (Å²) in [5.74, 6) is 1.18. The van der Waals surface area contributed by atoms with E-state index in [0.29, 0.717) is 37.8 Å². The predicted octanol–water partition coefficient (Wildman–Crippen LogP) is 1.88. The van der Waals surface area contributed by atoms with E-state index >= 15 is 0 Å². The number of Topliss-reactive ketones (excluding diaryl/α,β-unsaturated/α-hetero) is 1. The van der Waals surface area contributed by atoms with Crippen molar-refractivity contribution in [2.75, 3.05) is 13.2 Å². The fourth-order valence-corrected chi connectivity index (χ4v) is 2.06. The number of carbonyl (C=O) groups excluding carboxylic acids is 1. The van der Waals surface area contributed by atoms with Crippen LogP contribution in [0.3, 0.4) is 0 Å². The molecule has 0 radical (unpaired) electrons. The molecule has 1 aromatic heterocycles. The summed E-state index contributed by atoms with van der Waals surface area (Å²) < 4.78 is 10.4. The summed E-state index contributed by atoms with van der Waals surface area (Å²) in [6.45, 7) is 3.22. The molecule has 0 amide bonds. The number of ketones is 1. The number of hydrogen-bond donors (Lipinski definition) is 0. The highest BCUT2D eigenvalue weighted by molar-refractivity contribution is 5.85. The molecule has 1 aromatic rings. The number of nitrogens with zero attached hydrogens (tertiary/aromatic N) is 2. The van der Waals surface area contributed by atoms with Gasteiger partial charge in [0.2, 0.25) is 5.89 Å². The Morgan fingerprint density at radius 2 is 2.35 bits per heavy atom. The van der Waals surface area contributed by atoms with E-state index in [2.05, 4.69) is 10.1 Å². The molecule has 94 valence electrons. The molecule has 0 aliphatic heterocycles. The average molecular weight is 238 g/mol. The van der Waals surface area contributed by atoms with Crippen molar-refractivity contribution in [2.24, 2.45) is 0 Å². The molecule has 0 bridgehead atoms. The lowest BCUT2D eigenvalue weighted by molar-refractivity contribution is -0.122. The van der Waals surface area contributed by atoms with Crippen LogP contribution in [0.15, 0.2) is 4.52 Å². The molecular weight excluding hydrogens is 220 g/mol. The normalized spacial score (nSPS) is 20.8. The SMILES string of the molecule is CCOCCc1noc(C2CCCCC2=O)n1. The summed E-state index contributed by atoms with van der Waals surface area (Å²) in [6.07, 6.45) is 4.17. The van der Waals surface area contributed by atoms with Gasteiger partial charge in [0.1, 0.15) is 5.78 Å². The van der Waals surface area contributed by atoms with Crippen LogP contribution in [0.5, 0.6) is 0 Å². The van der Waals surface area contributed by atoms with E-state index in [4.69, 9.17) is 9.26 Å². The van der Waals surface area contributed by atoms with Gasteiger partial charge in [0, 0.05) is 19.4 Å². The van der Waals surface area contributed by atoms with Gasteiger partial charge < -0.3 is 9.26 Å². The lowest BCUT2D eigenvalue weighted by Gasteiger charge is -2.16. The van der Waals surface area contributed by atoms with Crippen molar-refractivity contribution in [3.8, 4) is 0 Å². The Bertz CT molecular complexity index is 376. The summed E-state index contributed by atoms with van der Waals surface area (Å²) in [5.41, 5.74) is 0. The molecule has 5 nitrogen and oxygen atoms in total. The molecule has 1 fully saturated rings. The van der Waals surface area contributed by atoms with E-state index in [1.54, 1.807) is 0 Å². The van der Waals surface area contributed by atoms with Crippen LogP contribution in [0.25, 0.3) is 0 Å². The van der Waals surface area contributed by atoms with E-state index in [1.165, 1.54) is 0 Å². The molecule has 5 heteroatoms. The molecule has 1 aliphatic carbocycles. The first-order valence-corrected chi connectivity index (χ1v) is 6.24. The van der Waals surface area contributed by atoms with Gasteiger partial charge >= 0.3 is 0 Å². The number of aromatic nitrogens is 2. The van der Waals surface area contributed by atoms with Gasteiger partial charge in [-0.15, -0.1) is 0 Å². The highest BCUT2D eigenvalue weighted by Crippen LogP contribution is 2.28. The Morgan fingerprint density at radius 1 is 1.47 bits per heavy atom. The first-order chi connectivity index (χ1) is 8.31. The summed E-state index contributed by atoms with van der Waals surface area (Å²) in [7, 11) is 0. The first-order valence-electron chi connectivity index (χ1n) is 6.24. The largest absolute Gasteiger partial charge is 0.381 e. The molecule has 1 aliphatic rings. The molecule has 1 heterocycles. The lowest BCUT2D eigenvalue weighted by atomic mass is 9.88. The van der Waals surface area contributed by atoms with E-state index in [1.807, 2.05) is 6.92 Å². The summed E-state index contributed by atoms with van der Waals surface area (Å²) in [4.78, 5) is 16.0. The van der Waals surface area contributed by atoms with Crippen molar-refractivity contribution < 1.29 is 14.1 Å². The van der Waals surface area contributed by atoms with Gasteiger partial charge in [-0.1, -0.05) is 11.6 Å². The molecule has 1 unspecified atom stereocenters. The predicted molar refractivity (Wildman–Crippen MR) is 60.7 cm³/mol. The van der Waals surface area contributed by atoms with Crippen LogP contribution >= 0.6 is 0 Å². The van der Waals surface area contributed by atoms with Crippen molar-refractivity contribution in [3.63, 3.8) is 0 Å². The van der Waals surface area contributed by atoms with Crippen LogP contribution in [-0.4, -0.2) is 29.1 Å². The van der Waals surface area contributed by atoms with Gasteiger partial charge in [-0.2, -0.15) is 4.98 Å². The maximum Gasteiger partial charge on any atom is 0.237 e. The summed E-state index contributed by atoms with van der Waals surface area (Å²) >= 11 is 0. The smallest absolute Gasteiger partial charge is 0.237 e. The van der Waals surface area contributed by atoms with Crippen molar-refractivity contribution in [1.29, 1.82) is 0 Å². The molecule has 1 saturated carbocycles. The molecule has 0 N–H and O–H groups in total. The topological polar surface area (TPSA) is 65.2 Å². The number of rotatable bonds is 5. The van der Waals surface area contributed by atoms with Crippen LogP contribution in [0.1, 0.15) is 50.2 Å². The second-order valence-electron chi connectivity index (χ2n) is 4.26. The zero-order chi connectivity index (χ0) is 12.1. The number of carbonyl (C=O) groups is 1. The van der Waals surface area contributed by atoms with Gasteiger partial charge in [0.15, 0.2) is 5.82 Å². The van der Waals surface area contributed by atoms with Crippen LogP contribution in [0, 0.1) is 0 Å². The minimum Gasteiger partial charge on any atom is -0.381 e. The zero-order valence-electron chi connectivity index (χ0n) is 10.1. The first kappa shape index (κ1) is 12.2. The van der Waals surface area contributed by atoms with Gasteiger partial charge in [-0.25, -0.2) is 0 Å². The summed E-state index contributed by atoms with van der Waals surface area (Å²) in [5, 5.41) is 3.88. The van der Waals surface area contributed by atoms with Crippen molar-refractivity contribution in [1.82, 2.24) is 10.1 Å². The zero-order valence-corrected chi connectivity index (χ0v) is 10.1. The van der Waals surface area contributed by atoms with Gasteiger partial charge in [0.25, 0.3) is 0 Å². The van der Waals surface area contributed by atoms with Crippen LogP contribution < -0.4 is 0 Å². The highest BCUT2D eigenvalue weighted by Gasteiger charge is 2.28. The van der Waals surface area contributed by atoms with Crippen molar-refractivity contribution in [2.45, 2.75) is 44.9 Å². The Morgan fingerprint density at radius 3 is 3.12 bits per heavy atom. The van der Waals surface area contributed by atoms with Gasteiger partial charge in [0.05, 0.1) is 12.5 Å². The maximum absolute atomic E-state index is 11.7. The molecule has 17 heavy (non-hydrogen) atoms. The van der Waals surface area contributed by atoms with E-state index in [9.17, 15) is 4.79 Å². The number of hydrogen-bond acceptors (Lipinski definition) is 5. The fourth-order valence-electron chi connectivity index (χ4n) is 2.06. The van der Waals surface area contributed by atoms with Gasteiger partial charge in [-0.05, 0) is 19.8 Å². The van der Waals surface area contributed by atoms with Crippen molar-refractivity contribution in [3.05, 3.63) is 11.7 Å². The molecule has 0 saturated heterocycles. The second kappa shape index (κ2) is 5.91. The molecule has 2 rings (SSSR count). The third-order valence-corrected chi connectivity index (χ3v) is 3.01. The maximum atomic E-state index is 11.7. The Balaban J connectivity index is 1.94. The third-order valence-electron chi connectivity index (χ3n) is 3.01.